The molecule has 1 aromatic carbocycles. The topological polar surface area (TPSA) is 38.5 Å². The highest BCUT2D eigenvalue weighted by Crippen LogP contribution is 2.38. The molecule has 2 N–H and O–H groups in total. The van der Waals surface area contributed by atoms with Crippen molar-refractivity contribution in [2.75, 3.05) is 19.7 Å². The molecule has 20 heavy (non-hydrogen) atoms. The highest BCUT2D eigenvalue weighted by Gasteiger charge is 2.36. The Balaban J connectivity index is 1.36. The number of fused-ring (bicyclic) bond motifs is 2. The van der Waals surface area contributed by atoms with Gasteiger partial charge in [-0.2, -0.15) is 0 Å². The SMILES string of the molecule is NC(CC1Cc2ccccc21)C1CN2CCCC2CO1. The number of hydrogen-bond acceptors (Lipinski definition) is 3. The van der Waals surface area contributed by atoms with Gasteiger partial charge in [0.2, 0.25) is 0 Å². The molecule has 4 rings (SSSR count). The van der Waals surface area contributed by atoms with E-state index in [1.165, 1.54) is 36.9 Å². The standard InChI is InChI=1S/C17H24N2O/c18-16(9-13-8-12-4-1-2-6-15(12)13)17-10-19-7-3-5-14(19)11-20-17/h1-2,4,6,13-14,16-17H,3,5,7-11,18H2. The Labute approximate surface area is 121 Å². The quantitative estimate of drug-likeness (QED) is 0.913. The third-order valence-corrected chi connectivity index (χ3v) is 5.41. The molecule has 0 amide bonds. The average Bonchev–Trinajstić information content (AvgIpc) is 2.92. The molecule has 2 heterocycles. The molecule has 2 fully saturated rings. The van der Waals surface area contributed by atoms with E-state index in [0.717, 1.165) is 19.6 Å². The number of rotatable bonds is 3. The number of nitrogens with zero attached hydrogens (tertiary/aromatic N) is 1. The fourth-order valence-corrected chi connectivity index (χ4v) is 4.16. The summed E-state index contributed by atoms with van der Waals surface area (Å²) >= 11 is 0. The van der Waals surface area contributed by atoms with Crippen LogP contribution in [0.1, 0.15) is 36.3 Å². The van der Waals surface area contributed by atoms with Crippen LogP contribution in [0.25, 0.3) is 0 Å². The van der Waals surface area contributed by atoms with E-state index in [4.69, 9.17) is 10.5 Å². The molecule has 0 aromatic heterocycles. The predicted molar refractivity (Wildman–Crippen MR) is 79.8 cm³/mol. The highest BCUT2D eigenvalue weighted by atomic mass is 16.5. The summed E-state index contributed by atoms with van der Waals surface area (Å²) in [6.45, 7) is 3.17. The van der Waals surface area contributed by atoms with Crippen LogP contribution in [0.5, 0.6) is 0 Å². The zero-order valence-corrected chi connectivity index (χ0v) is 12.0. The van der Waals surface area contributed by atoms with Gasteiger partial charge in [-0.05, 0) is 49.3 Å². The maximum atomic E-state index is 6.45. The molecule has 4 atom stereocenters. The minimum atomic E-state index is 0.176. The lowest BCUT2D eigenvalue weighted by atomic mass is 9.74. The van der Waals surface area contributed by atoms with Gasteiger partial charge >= 0.3 is 0 Å². The van der Waals surface area contributed by atoms with Crippen molar-refractivity contribution in [2.45, 2.75) is 49.8 Å². The summed E-state index contributed by atoms with van der Waals surface area (Å²) in [7, 11) is 0. The van der Waals surface area contributed by atoms with Gasteiger partial charge in [-0.1, -0.05) is 24.3 Å². The summed E-state index contributed by atoms with van der Waals surface area (Å²) in [6.07, 6.45) is 5.13. The number of benzene rings is 1. The van der Waals surface area contributed by atoms with Crippen molar-refractivity contribution in [3.63, 3.8) is 0 Å². The first-order valence-electron chi connectivity index (χ1n) is 8.00. The molecule has 3 nitrogen and oxygen atoms in total. The largest absolute Gasteiger partial charge is 0.374 e. The second-order valence-electron chi connectivity index (χ2n) is 6.66. The van der Waals surface area contributed by atoms with Crippen LogP contribution in [0.2, 0.25) is 0 Å². The number of hydrogen-bond donors (Lipinski definition) is 1. The van der Waals surface area contributed by atoms with E-state index in [-0.39, 0.29) is 12.1 Å². The molecule has 0 saturated carbocycles. The van der Waals surface area contributed by atoms with Gasteiger partial charge in [0, 0.05) is 18.6 Å². The summed E-state index contributed by atoms with van der Waals surface area (Å²) in [5, 5.41) is 0. The van der Waals surface area contributed by atoms with Crippen molar-refractivity contribution in [3.05, 3.63) is 35.4 Å². The second kappa shape index (κ2) is 5.14. The first kappa shape index (κ1) is 12.8. The summed E-state index contributed by atoms with van der Waals surface area (Å²) in [5.41, 5.74) is 9.47. The van der Waals surface area contributed by atoms with Crippen molar-refractivity contribution >= 4 is 0 Å². The van der Waals surface area contributed by atoms with Crippen molar-refractivity contribution in [2.24, 2.45) is 5.73 Å². The average molecular weight is 272 g/mol. The van der Waals surface area contributed by atoms with Gasteiger partial charge < -0.3 is 10.5 Å². The Kier molecular flexibility index (Phi) is 3.29. The lowest BCUT2D eigenvalue weighted by Crippen LogP contribution is -2.53. The molecule has 2 aliphatic heterocycles. The molecule has 1 aromatic rings. The zero-order valence-electron chi connectivity index (χ0n) is 12.0. The molecular weight excluding hydrogens is 248 g/mol. The molecular formula is C17H24N2O. The third-order valence-electron chi connectivity index (χ3n) is 5.41. The van der Waals surface area contributed by atoms with Gasteiger partial charge in [-0.15, -0.1) is 0 Å². The molecule has 3 heteroatoms. The lowest BCUT2D eigenvalue weighted by molar-refractivity contribution is -0.0610. The minimum absolute atomic E-state index is 0.176. The van der Waals surface area contributed by atoms with Crippen LogP contribution < -0.4 is 5.73 Å². The van der Waals surface area contributed by atoms with Crippen molar-refractivity contribution in [1.29, 1.82) is 0 Å². The maximum Gasteiger partial charge on any atom is 0.0853 e. The van der Waals surface area contributed by atoms with E-state index in [1.54, 1.807) is 0 Å². The third kappa shape index (κ3) is 2.18. The van der Waals surface area contributed by atoms with Crippen LogP contribution in [0, 0.1) is 0 Å². The van der Waals surface area contributed by atoms with Gasteiger partial charge in [0.1, 0.15) is 0 Å². The Morgan fingerprint density at radius 2 is 2.25 bits per heavy atom. The van der Waals surface area contributed by atoms with E-state index in [2.05, 4.69) is 29.2 Å². The van der Waals surface area contributed by atoms with Crippen molar-refractivity contribution in [1.82, 2.24) is 4.90 Å². The lowest BCUT2D eigenvalue weighted by Gasteiger charge is -2.40. The smallest absolute Gasteiger partial charge is 0.0853 e. The monoisotopic (exact) mass is 272 g/mol. The first-order chi connectivity index (χ1) is 9.81. The zero-order chi connectivity index (χ0) is 13.5. The number of ether oxygens (including phenoxy) is 1. The summed E-state index contributed by atoms with van der Waals surface area (Å²) in [6, 6.07) is 9.62. The summed E-state index contributed by atoms with van der Waals surface area (Å²) in [4.78, 5) is 2.59. The van der Waals surface area contributed by atoms with Crippen LogP contribution in [0.15, 0.2) is 24.3 Å². The summed E-state index contributed by atoms with van der Waals surface area (Å²) < 4.78 is 6.04. The van der Waals surface area contributed by atoms with Gasteiger partial charge in [0.15, 0.2) is 0 Å². The predicted octanol–water partition coefficient (Wildman–Crippen LogP) is 1.91. The fraction of sp³-hybridized carbons (Fsp3) is 0.647. The van der Waals surface area contributed by atoms with Crippen molar-refractivity contribution in [3.8, 4) is 0 Å². The Hall–Kier alpha value is -0.900. The normalized spacial score (nSPS) is 34.1. The number of morpholine rings is 1. The van der Waals surface area contributed by atoms with Crippen LogP contribution in [0.4, 0.5) is 0 Å². The van der Waals surface area contributed by atoms with E-state index < -0.39 is 0 Å². The van der Waals surface area contributed by atoms with Crippen molar-refractivity contribution < 1.29 is 4.74 Å². The molecule has 0 bridgehead atoms. The highest BCUT2D eigenvalue weighted by molar-refractivity contribution is 5.39. The molecule has 2 saturated heterocycles. The van der Waals surface area contributed by atoms with Crippen LogP contribution in [0.3, 0.4) is 0 Å². The van der Waals surface area contributed by atoms with Gasteiger partial charge in [0.05, 0.1) is 12.7 Å². The van der Waals surface area contributed by atoms with E-state index in [1.807, 2.05) is 0 Å². The molecule has 0 spiro atoms. The van der Waals surface area contributed by atoms with Crippen LogP contribution >= 0.6 is 0 Å². The van der Waals surface area contributed by atoms with Crippen LogP contribution in [-0.2, 0) is 11.2 Å². The molecule has 3 aliphatic rings. The Bertz CT molecular complexity index is 490. The van der Waals surface area contributed by atoms with Crippen LogP contribution in [-0.4, -0.2) is 42.8 Å². The molecule has 4 unspecified atom stereocenters. The maximum absolute atomic E-state index is 6.45. The van der Waals surface area contributed by atoms with E-state index in [9.17, 15) is 0 Å². The molecule has 1 aliphatic carbocycles. The van der Waals surface area contributed by atoms with Gasteiger partial charge in [-0.3, -0.25) is 4.90 Å². The second-order valence-corrected chi connectivity index (χ2v) is 6.66. The Morgan fingerprint density at radius 1 is 1.35 bits per heavy atom. The Morgan fingerprint density at radius 3 is 3.15 bits per heavy atom. The van der Waals surface area contributed by atoms with E-state index in [0.29, 0.717) is 12.0 Å². The first-order valence-corrected chi connectivity index (χ1v) is 8.00. The van der Waals surface area contributed by atoms with E-state index >= 15 is 0 Å². The van der Waals surface area contributed by atoms with Gasteiger partial charge in [-0.25, -0.2) is 0 Å². The van der Waals surface area contributed by atoms with Gasteiger partial charge in [0.25, 0.3) is 0 Å². The fourth-order valence-electron chi connectivity index (χ4n) is 4.16. The number of nitrogens with two attached hydrogens (primary N) is 1. The molecule has 108 valence electrons. The minimum Gasteiger partial charge on any atom is -0.374 e. The summed E-state index contributed by atoms with van der Waals surface area (Å²) in [5.74, 6) is 0.654. The molecule has 0 radical (unpaired) electrons.